The summed E-state index contributed by atoms with van der Waals surface area (Å²) in [6, 6.07) is 8.33. The van der Waals surface area contributed by atoms with E-state index in [1.807, 2.05) is 0 Å². The van der Waals surface area contributed by atoms with Crippen LogP contribution in [0.3, 0.4) is 0 Å². The number of sulfonamides is 1. The fourth-order valence-corrected chi connectivity index (χ4v) is 3.67. The van der Waals surface area contributed by atoms with Gasteiger partial charge in [0.15, 0.2) is 6.61 Å². The number of hydrogen-bond acceptors (Lipinski definition) is 6. The Morgan fingerprint density at radius 3 is 2.50 bits per heavy atom. The Labute approximate surface area is 175 Å². The highest BCUT2D eigenvalue weighted by Crippen LogP contribution is 2.23. The van der Waals surface area contributed by atoms with E-state index >= 15 is 0 Å². The Hall–Kier alpha value is -3.15. The smallest absolute Gasteiger partial charge is 0.340 e. The predicted octanol–water partition coefficient (Wildman–Crippen LogP) is 1.56. The van der Waals surface area contributed by atoms with Gasteiger partial charge in [-0.25, -0.2) is 22.3 Å². The molecule has 3 N–H and O–H groups in total. The van der Waals surface area contributed by atoms with Crippen molar-refractivity contribution >= 4 is 50.2 Å². The van der Waals surface area contributed by atoms with Crippen LogP contribution in [0.5, 0.6) is 0 Å². The zero-order valence-corrected chi connectivity index (χ0v) is 17.4. The van der Waals surface area contributed by atoms with Crippen LogP contribution in [0.15, 0.2) is 46.1 Å². The molecule has 0 bridgehead atoms. The van der Waals surface area contributed by atoms with E-state index < -0.39 is 28.5 Å². The van der Waals surface area contributed by atoms with Crippen molar-refractivity contribution < 1.29 is 22.7 Å². The number of amides is 1. The monoisotopic (exact) mass is 452 g/mol. The van der Waals surface area contributed by atoms with Gasteiger partial charge in [0, 0.05) is 19.8 Å². The zero-order valence-electron chi connectivity index (χ0n) is 15.9. The quantitative estimate of drug-likeness (QED) is 0.484. The van der Waals surface area contributed by atoms with Gasteiger partial charge in [0.1, 0.15) is 0 Å². The van der Waals surface area contributed by atoms with Crippen molar-refractivity contribution in [2.24, 2.45) is 0 Å². The van der Waals surface area contributed by atoms with Gasteiger partial charge in [0.25, 0.3) is 5.91 Å². The van der Waals surface area contributed by atoms with E-state index in [9.17, 15) is 22.8 Å². The van der Waals surface area contributed by atoms with Crippen molar-refractivity contribution in [3.63, 3.8) is 0 Å². The van der Waals surface area contributed by atoms with Crippen molar-refractivity contribution in [2.75, 3.05) is 26.0 Å². The number of carbonyl (C=O) groups excluding carboxylic acids is 2. The Morgan fingerprint density at radius 1 is 1.10 bits per heavy atom. The minimum atomic E-state index is -3.78. The third-order valence-electron chi connectivity index (χ3n) is 4.07. The van der Waals surface area contributed by atoms with E-state index in [0.29, 0.717) is 16.7 Å². The number of halogens is 1. The number of aromatic nitrogens is 2. The fourth-order valence-electron chi connectivity index (χ4n) is 2.55. The first-order valence-electron chi connectivity index (χ1n) is 8.49. The Kier molecular flexibility index (Phi) is 5.97. The number of nitrogens with one attached hydrogen (secondary N) is 3. The number of nitrogens with zero attached hydrogens (tertiary/aromatic N) is 1. The molecule has 0 aliphatic rings. The van der Waals surface area contributed by atoms with Crippen molar-refractivity contribution in [3.05, 3.63) is 57.5 Å². The van der Waals surface area contributed by atoms with Crippen LogP contribution in [0.25, 0.3) is 11.0 Å². The molecule has 0 saturated carbocycles. The second-order valence-corrected chi connectivity index (χ2v) is 8.95. The largest absolute Gasteiger partial charge is 0.452 e. The normalized spacial score (nSPS) is 11.6. The van der Waals surface area contributed by atoms with E-state index in [0.717, 1.165) is 10.4 Å². The lowest BCUT2D eigenvalue weighted by molar-refractivity contribution is -0.119. The van der Waals surface area contributed by atoms with Gasteiger partial charge in [-0.05, 0) is 36.4 Å². The number of aromatic amines is 2. The maximum absolute atomic E-state index is 12.3. The fraction of sp³-hybridized carbons (Fsp3) is 0.167. The minimum absolute atomic E-state index is 0.0139. The van der Waals surface area contributed by atoms with Crippen LogP contribution in [-0.2, 0) is 19.6 Å². The molecule has 12 heteroatoms. The highest BCUT2D eigenvalue weighted by molar-refractivity contribution is 7.89. The molecule has 1 heterocycles. The number of imidazole rings is 1. The summed E-state index contributed by atoms with van der Waals surface area (Å²) in [5.41, 5.74) is 0.902. The molecule has 3 aromatic rings. The number of hydrogen-bond donors (Lipinski definition) is 3. The molecular formula is C18H17ClN4O6S. The van der Waals surface area contributed by atoms with Crippen LogP contribution in [0.1, 0.15) is 10.4 Å². The molecule has 0 aliphatic carbocycles. The average molecular weight is 453 g/mol. The number of esters is 1. The van der Waals surface area contributed by atoms with Crippen molar-refractivity contribution in [1.82, 2.24) is 14.3 Å². The van der Waals surface area contributed by atoms with Crippen LogP contribution >= 0.6 is 11.6 Å². The summed E-state index contributed by atoms with van der Waals surface area (Å²) < 4.78 is 30.4. The van der Waals surface area contributed by atoms with Crippen molar-refractivity contribution in [3.8, 4) is 0 Å². The summed E-state index contributed by atoms with van der Waals surface area (Å²) >= 11 is 5.98. The molecule has 3 rings (SSSR count). The molecule has 0 unspecified atom stereocenters. The molecule has 0 saturated heterocycles. The lowest BCUT2D eigenvalue weighted by Crippen LogP contribution is -2.23. The van der Waals surface area contributed by atoms with Crippen LogP contribution < -0.4 is 11.0 Å². The molecule has 0 spiro atoms. The van der Waals surface area contributed by atoms with E-state index in [2.05, 4.69) is 15.3 Å². The molecule has 10 nitrogen and oxygen atoms in total. The first kappa shape index (κ1) is 21.6. The Balaban J connectivity index is 1.68. The molecule has 0 atom stereocenters. The first-order valence-corrected chi connectivity index (χ1v) is 10.3. The molecule has 0 fully saturated rings. The zero-order chi connectivity index (χ0) is 22.1. The van der Waals surface area contributed by atoms with Crippen molar-refractivity contribution in [2.45, 2.75) is 4.90 Å². The highest BCUT2D eigenvalue weighted by atomic mass is 35.5. The standard InChI is InChI=1S/C18H17ClN4O6S/c1-23(2)30(27,28)11-4-5-13(19)12(8-11)17(25)29-9-16(24)20-10-3-6-14-15(7-10)22-18(26)21-14/h3-8H,9H2,1-2H3,(H,20,24)(H2,21,22,26). The molecule has 0 aliphatic heterocycles. The highest BCUT2D eigenvalue weighted by Gasteiger charge is 2.22. The summed E-state index contributed by atoms with van der Waals surface area (Å²) in [4.78, 5) is 40.7. The van der Waals surface area contributed by atoms with Gasteiger partial charge in [-0.15, -0.1) is 0 Å². The summed E-state index contributed by atoms with van der Waals surface area (Å²) in [5.74, 6) is -1.58. The number of anilines is 1. The number of carbonyl (C=O) groups is 2. The first-order chi connectivity index (χ1) is 14.1. The maximum Gasteiger partial charge on any atom is 0.340 e. The van der Waals surface area contributed by atoms with Crippen LogP contribution in [0, 0.1) is 0 Å². The van der Waals surface area contributed by atoms with Crippen LogP contribution in [0.2, 0.25) is 5.02 Å². The molecule has 30 heavy (non-hydrogen) atoms. The number of fused-ring (bicyclic) bond motifs is 1. The van der Waals surface area contributed by atoms with Gasteiger partial charge in [-0.2, -0.15) is 0 Å². The van der Waals surface area contributed by atoms with Gasteiger partial charge in [-0.1, -0.05) is 11.6 Å². The SMILES string of the molecule is CN(C)S(=O)(=O)c1ccc(Cl)c(C(=O)OCC(=O)Nc2ccc3[nH]c(=O)[nH]c3c2)c1. The van der Waals surface area contributed by atoms with Gasteiger partial charge in [0.2, 0.25) is 10.0 Å². The van der Waals surface area contributed by atoms with Gasteiger partial charge < -0.3 is 20.0 Å². The molecule has 1 amide bonds. The topological polar surface area (TPSA) is 141 Å². The van der Waals surface area contributed by atoms with Gasteiger partial charge in [0.05, 0.1) is 26.5 Å². The van der Waals surface area contributed by atoms with E-state index in [4.69, 9.17) is 16.3 Å². The van der Waals surface area contributed by atoms with Gasteiger partial charge >= 0.3 is 11.7 Å². The molecule has 1 aromatic heterocycles. The summed E-state index contributed by atoms with van der Waals surface area (Å²) in [6.07, 6.45) is 0. The average Bonchev–Trinajstić information content (AvgIpc) is 3.05. The Bertz CT molecular complexity index is 1300. The summed E-state index contributed by atoms with van der Waals surface area (Å²) in [6.45, 7) is -0.623. The lowest BCUT2D eigenvalue weighted by Gasteiger charge is -2.13. The van der Waals surface area contributed by atoms with Crippen LogP contribution in [0.4, 0.5) is 5.69 Å². The second-order valence-electron chi connectivity index (χ2n) is 6.39. The molecule has 158 valence electrons. The maximum atomic E-state index is 12.3. The van der Waals surface area contributed by atoms with Gasteiger partial charge in [-0.3, -0.25) is 4.79 Å². The number of H-pyrrole nitrogens is 2. The van der Waals surface area contributed by atoms with E-state index in [1.165, 1.54) is 26.2 Å². The minimum Gasteiger partial charge on any atom is -0.452 e. The Morgan fingerprint density at radius 2 is 1.80 bits per heavy atom. The summed E-state index contributed by atoms with van der Waals surface area (Å²) in [5, 5.41) is 2.51. The van der Waals surface area contributed by atoms with E-state index in [-0.39, 0.29) is 21.2 Å². The third kappa shape index (κ3) is 4.53. The predicted molar refractivity (Wildman–Crippen MR) is 110 cm³/mol. The van der Waals surface area contributed by atoms with Crippen LogP contribution in [-0.4, -0.2) is 55.3 Å². The number of rotatable bonds is 6. The molecule has 0 radical (unpaired) electrons. The molecule has 2 aromatic carbocycles. The molecular weight excluding hydrogens is 436 g/mol. The van der Waals surface area contributed by atoms with E-state index in [1.54, 1.807) is 18.2 Å². The lowest BCUT2D eigenvalue weighted by atomic mass is 10.2. The second kappa shape index (κ2) is 8.30. The summed E-state index contributed by atoms with van der Waals surface area (Å²) in [7, 11) is -1.07. The number of ether oxygens (including phenoxy) is 1. The van der Waals surface area contributed by atoms with Crippen molar-refractivity contribution in [1.29, 1.82) is 0 Å². The third-order valence-corrected chi connectivity index (χ3v) is 6.21. The number of benzene rings is 2.